The van der Waals surface area contributed by atoms with Crippen molar-refractivity contribution in [1.29, 1.82) is 0 Å². The van der Waals surface area contributed by atoms with Gasteiger partial charge in [-0.3, -0.25) is 4.79 Å². The molecule has 0 amide bonds. The van der Waals surface area contributed by atoms with E-state index in [1.165, 1.54) is 77.0 Å². The minimum absolute atomic E-state index is 0.0611. The standard InChI is InChI=1S/C21H41O3/c1-2-3-4-5-6-7-8-9-10-11-12-13-14-15-16-21(19-23,20-24)17-18-22/h22-23H,2-19H2,1H3. The van der Waals surface area contributed by atoms with E-state index in [1.54, 1.807) is 0 Å². The van der Waals surface area contributed by atoms with Crippen LogP contribution in [0, 0.1) is 5.41 Å². The molecule has 0 rings (SSSR count). The van der Waals surface area contributed by atoms with Crippen molar-refractivity contribution < 1.29 is 15.0 Å². The molecule has 3 nitrogen and oxygen atoms in total. The van der Waals surface area contributed by atoms with Crippen molar-refractivity contribution in [2.45, 2.75) is 110 Å². The number of unbranched alkanes of at least 4 members (excludes halogenated alkanes) is 13. The van der Waals surface area contributed by atoms with Gasteiger partial charge in [0.1, 0.15) is 0 Å². The van der Waals surface area contributed by atoms with Gasteiger partial charge in [0.2, 0.25) is 6.29 Å². The van der Waals surface area contributed by atoms with Crippen molar-refractivity contribution in [3.05, 3.63) is 0 Å². The lowest BCUT2D eigenvalue weighted by atomic mass is 9.82. The molecule has 0 aliphatic rings. The Morgan fingerprint density at radius 1 is 0.667 bits per heavy atom. The van der Waals surface area contributed by atoms with Gasteiger partial charge in [-0.1, -0.05) is 96.8 Å². The molecule has 0 saturated carbocycles. The van der Waals surface area contributed by atoms with E-state index < -0.39 is 5.41 Å². The molecule has 0 spiro atoms. The highest BCUT2D eigenvalue weighted by atomic mass is 16.3. The predicted octanol–water partition coefficient (Wildman–Crippen LogP) is 5.33. The second-order valence-electron chi connectivity index (χ2n) is 7.36. The van der Waals surface area contributed by atoms with Crippen LogP contribution in [0.4, 0.5) is 0 Å². The van der Waals surface area contributed by atoms with Crippen molar-refractivity contribution >= 4 is 6.29 Å². The fourth-order valence-corrected chi connectivity index (χ4v) is 3.29. The topological polar surface area (TPSA) is 57.5 Å². The molecule has 24 heavy (non-hydrogen) atoms. The van der Waals surface area contributed by atoms with Gasteiger partial charge in [-0.2, -0.15) is 0 Å². The van der Waals surface area contributed by atoms with Crippen molar-refractivity contribution in [3.63, 3.8) is 0 Å². The van der Waals surface area contributed by atoms with Crippen LogP contribution in [0.25, 0.3) is 0 Å². The SMILES string of the molecule is CCCCCCCCCCCCCCCCC([C]=O)(CO)CCO. The zero-order chi connectivity index (χ0) is 17.9. The Bertz CT molecular complexity index is 268. The second kappa shape index (κ2) is 17.4. The maximum absolute atomic E-state index is 11.0. The molecule has 0 aromatic carbocycles. The summed E-state index contributed by atoms with van der Waals surface area (Å²) in [6.45, 7) is 2.00. The Balaban J connectivity index is 3.34. The quantitative estimate of drug-likeness (QED) is 0.312. The highest BCUT2D eigenvalue weighted by Gasteiger charge is 2.28. The van der Waals surface area contributed by atoms with Crippen LogP contribution in [0.3, 0.4) is 0 Å². The van der Waals surface area contributed by atoms with Gasteiger partial charge in [0.05, 0.1) is 12.0 Å². The van der Waals surface area contributed by atoms with Crippen molar-refractivity contribution in [2.24, 2.45) is 5.41 Å². The molecule has 0 aromatic heterocycles. The number of aliphatic hydroxyl groups excluding tert-OH is 2. The molecule has 0 bridgehead atoms. The van der Waals surface area contributed by atoms with E-state index >= 15 is 0 Å². The number of carbonyl (C=O) groups excluding carboxylic acids is 1. The summed E-state index contributed by atoms with van der Waals surface area (Å²) in [7, 11) is 0. The lowest BCUT2D eigenvalue weighted by molar-refractivity contribution is 0.131. The lowest BCUT2D eigenvalue weighted by Crippen LogP contribution is -2.28. The fourth-order valence-electron chi connectivity index (χ4n) is 3.29. The molecule has 3 heteroatoms. The van der Waals surface area contributed by atoms with Crippen LogP contribution in [0.5, 0.6) is 0 Å². The second-order valence-corrected chi connectivity index (χ2v) is 7.36. The molecule has 1 radical (unpaired) electrons. The minimum atomic E-state index is -0.828. The van der Waals surface area contributed by atoms with Gasteiger partial charge in [0.25, 0.3) is 0 Å². The summed E-state index contributed by atoms with van der Waals surface area (Å²) >= 11 is 0. The van der Waals surface area contributed by atoms with E-state index in [4.69, 9.17) is 5.11 Å². The van der Waals surface area contributed by atoms with Gasteiger partial charge in [0, 0.05) is 6.61 Å². The van der Waals surface area contributed by atoms with E-state index in [0.717, 1.165) is 12.8 Å². The zero-order valence-corrected chi connectivity index (χ0v) is 16.0. The molecule has 0 saturated heterocycles. The average molecular weight is 342 g/mol. The van der Waals surface area contributed by atoms with E-state index in [1.807, 2.05) is 6.29 Å². The van der Waals surface area contributed by atoms with Crippen LogP contribution in [0.1, 0.15) is 110 Å². The van der Waals surface area contributed by atoms with Gasteiger partial charge in [-0.15, -0.1) is 0 Å². The summed E-state index contributed by atoms with van der Waals surface area (Å²) in [5.74, 6) is 0. The molecular formula is C21H41O3. The van der Waals surface area contributed by atoms with E-state index in [0.29, 0.717) is 12.8 Å². The van der Waals surface area contributed by atoms with Crippen LogP contribution in [-0.4, -0.2) is 29.7 Å². The van der Waals surface area contributed by atoms with E-state index in [9.17, 15) is 9.90 Å². The molecule has 0 aliphatic heterocycles. The largest absolute Gasteiger partial charge is 0.396 e. The normalized spacial score (nSPS) is 13.8. The lowest BCUT2D eigenvalue weighted by Gasteiger charge is -2.23. The van der Waals surface area contributed by atoms with Crippen LogP contribution < -0.4 is 0 Å². The van der Waals surface area contributed by atoms with Crippen LogP contribution in [0.15, 0.2) is 0 Å². The molecule has 143 valence electrons. The number of hydrogen-bond donors (Lipinski definition) is 2. The molecule has 2 N–H and O–H groups in total. The van der Waals surface area contributed by atoms with Crippen LogP contribution in [-0.2, 0) is 4.79 Å². The van der Waals surface area contributed by atoms with Gasteiger partial charge in [0.15, 0.2) is 0 Å². The summed E-state index contributed by atoms with van der Waals surface area (Å²) < 4.78 is 0. The summed E-state index contributed by atoms with van der Waals surface area (Å²) in [5.41, 5.74) is -0.828. The van der Waals surface area contributed by atoms with E-state index in [2.05, 4.69) is 6.92 Å². The molecule has 0 heterocycles. The Morgan fingerprint density at radius 3 is 1.42 bits per heavy atom. The summed E-state index contributed by atoms with van der Waals surface area (Å²) in [4.78, 5) is 11.0. The van der Waals surface area contributed by atoms with Gasteiger partial charge < -0.3 is 10.2 Å². The van der Waals surface area contributed by atoms with Gasteiger partial charge >= 0.3 is 0 Å². The van der Waals surface area contributed by atoms with Gasteiger partial charge in [-0.05, 0) is 12.8 Å². The third-order valence-electron chi connectivity index (χ3n) is 5.12. The average Bonchev–Trinajstić information content (AvgIpc) is 2.61. The molecule has 0 fully saturated rings. The first-order chi connectivity index (χ1) is 11.7. The van der Waals surface area contributed by atoms with Crippen molar-refractivity contribution in [1.82, 2.24) is 0 Å². The fraction of sp³-hybridized carbons (Fsp3) is 0.952. The Morgan fingerprint density at radius 2 is 1.08 bits per heavy atom. The molecule has 1 atom stereocenters. The maximum Gasteiger partial charge on any atom is 0.207 e. The summed E-state index contributed by atoms with van der Waals surface area (Å²) in [6.07, 6.45) is 21.2. The molecule has 0 aliphatic carbocycles. The minimum Gasteiger partial charge on any atom is -0.396 e. The first-order valence-corrected chi connectivity index (χ1v) is 10.4. The number of rotatable bonds is 19. The highest BCUT2D eigenvalue weighted by molar-refractivity contribution is 5.60. The molecular weight excluding hydrogens is 300 g/mol. The third-order valence-corrected chi connectivity index (χ3v) is 5.12. The zero-order valence-electron chi connectivity index (χ0n) is 16.0. The number of hydrogen-bond acceptors (Lipinski definition) is 3. The monoisotopic (exact) mass is 341 g/mol. The Labute approximate surface area is 150 Å². The highest BCUT2D eigenvalue weighted by Crippen LogP contribution is 2.26. The Kier molecular flexibility index (Phi) is 17.1. The van der Waals surface area contributed by atoms with Crippen LogP contribution >= 0.6 is 0 Å². The van der Waals surface area contributed by atoms with Gasteiger partial charge in [-0.25, -0.2) is 0 Å². The van der Waals surface area contributed by atoms with E-state index in [-0.39, 0.29) is 13.2 Å². The first kappa shape index (κ1) is 23.6. The summed E-state index contributed by atoms with van der Waals surface area (Å²) in [5, 5.41) is 18.3. The number of aliphatic hydroxyl groups is 2. The van der Waals surface area contributed by atoms with Crippen molar-refractivity contribution in [2.75, 3.05) is 13.2 Å². The first-order valence-electron chi connectivity index (χ1n) is 10.4. The molecule has 0 aromatic rings. The van der Waals surface area contributed by atoms with Crippen LogP contribution in [0.2, 0.25) is 0 Å². The van der Waals surface area contributed by atoms with Crippen molar-refractivity contribution in [3.8, 4) is 0 Å². The third kappa shape index (κ3) is 12.9. The molecule has 1 unspecified atom stereocenters. The Hall–Kier alpha value is -0.410. The smallest absolute Gasteiger partial charge is 0.207 e. The summed E-state index contributed by atoms with van der Waals surface area (Å²) in [6, 6.07) is 0. The predicted molar refractivity (Wildman–Crippen MR) is 102 cm³/mol. The maximum atomic E-state index is 11.0.